The van der Waals surface area contributed by atoms with Gasteiger partial charge in [-0.1, -0.05) is 6.07 Å². The molecule has 3 rings (SSSR count). The van der Waals surface area contributed by atoms with Crippen LogP contribution in [0.25, 0.3) is 5.65 Å². The van der Waals surface area contributed by atoms with E-state index in [0.717, 1.165) is 17.9 Å². The molecule has 1 aliphatic rings. The van der Waals surface area contributed by atoms with E-state index in [1.54, 1.807) is 0 Å². The molecule has 0 bridgehead atoms. The van der Waals surface area contributed by atoms with Gasteiger partial charge in [0.25, 0.3) is 0 Å². The van der Waals surface area contributed by atoms with Gasteiger partial charge in [-0.2, -0.15) is 0 Å². The van der Waals surface area contributed by atoms with Crippen LogP contribution in [-0.2, 0) is 16.0 Å². The van der Waals surface area contributed by atoms with Crippen molar-refractivity contribution in [3.8, 4) is 0 Å². The van der Waals surface area contributed by atoms with Gasteiger partial charge in [-0.3, -0.25) is 14.5 Å². The van der Waals surface area contributed by atoms with Crippen LogP contribution in [0.5, 0.6) is 0 Å². The van der Waals surface area contributed by atoms with Gasteiger partial charge >= 0.3 is 0 Å². The summed E-state index contributed by atoms with van der Waals surface area (Å²) in [5.41, 5.74) is 1.95. The third kappa shape index (κ3) is 3.99. The van der Waals surface area contributed by atoms with Gasteiger partial charge in [0, 0.05) is 50.2 Å². The molecule has 1 saturated heterocycles. The van der Waals surface area contributed by atoms with E-state index in [9.17, 15) is 9.59 Å². The fourth-order valence-corrected chi connectivity index (χ4v) is 3.31. The summed E-state index contributed by atoms with van der Waals surface area (Å²) in [5.74, 6) is -0.154. The van der Waals surface area contributed by atoms with Gasteiger partial charge in [0.15, 0.2) is 0 Å². The first kappa shape index (κ1) is 17.4. The highest BCUT2D eigenvalue weighted by atomic mass is 16.2. The van der Waals surface area contributed by atoms with Crippen molar-refractivity contribution in [3.63, 3.8) is 0 Å². The molecule has 3 heterocycles. The van der Waals surface area contributed by atoms with Crippen LogP contribution < -0.4 is 10.6 Å². The molecule has 1 aliphatic heterocycles. The average Bonchev–Trinajstić information content (AvgIpc) is 3.00. The van der Waals surface area contributed by atoms with Gasteiger partial charge in [-0.15, -0.1) is 0 Å². The molecule has 1 fully saturated rings. The zero-order chi connectivity index (χ0) is 17.8. The minimum Gasteiger partial charge on any atom is -0.356 e. The summed E-state index contributed by atoms with van der Waals surface area (Å²) in [6.45, 7) is 6.05. The molecule has 0 aromatic carbocycles. The summed E-state index contributed by atoms with van der Waals surface area (Å²) < 4.78 is 2.02. The van der Waals surface area contributed by atoms with Crippen LogP contribution in [0.15, 0.2) is 30.6 Å². The second kappa shape index (κ2) is 7.65. The van der Waals surface area contributed by atoms with E-state index < -0.39 is 0 Å². The molecule has 0 spiro atoms. The van der Waals surface area contributed by atoms with E-state index in [1.165, 1.54) is 0 Å². The topological polar surface area (TPSA) is 78.7 Å². The fourth-order valence-electron chi connectivity index (χ4n) is 3.31. The van der Waals surface area contributed by atoms with Crippen LogP contribution in [0.1, 0.15) is 26.0 Å². The van der Waals surface area contributed by atoms with Crippen molar-refractivity contribution in [2.24, 2.45) is 0 Å². The number of hydrogen-bond donors (Lipinski definition) is 2. The first-order valence-corrected chi connectivity index (χ1v) is 8.77. The molecule has 2 aromatic heterocycles. The lowest BCUT2D eigenvalue weighted by atomic mass is 10.1. The predicted octanol–water partition coefficient (Wildman–Crippen LogP) is 0.592. The summed E-state index contributed by atoms with van der Waals surface area (Å²) in [7, 11) is 0. The number of pyridine rings is 1. The van der Waals surface area contributed by atoms with Crippen LogP contribution in [0.4, 0.5) is 0 Å². The van der Waals surface area contributed by atoms with Gasteiger partial charge < -0.3 is 15.0 Å². The third-order valence-corrected chi connectivity index (χ3v) is 4.61. The first-order chi connectivity index (χ1) is 12.1. The monoisotopic (exact) mass is 343 g/mol. The Bertz CT molecular complexity index is 755. The zero-order valence-corrected chi connectivity index (χ0v) is 14.7. The normalized spacial score (nSPS) is 18.5. The maximum Gasteiger partial charge on any atom is 0.237 e. The van der Waals surface area contributed by atoms with Crippen LogP contribution in [0.2, 0.25) is 0 Å². The van der Waals surface area contributed by atoms with Crippen molar-refractivity contribution in [1.82, 2.24) is 24.9 Å². The molecular formula is C18H25N5O2. The molecule has 2 N–H and O–H groups in total. The smallest absolute Gasteiger partial charge is 0.237 e. The lowest BCUT2D eigenvalue weighted by molar-refractivity contribution is -0.134. The van der Waals surface area contributed by atoms with Gasteiger partial charge in [-0.05, 0) is 26.0 Å². The summed E-state index contributed by atoms with van der Waals surface area (Å²) in [5, 5.41) is 5.77. The second-order valence-electron chi connectivity index (χ2n) is 6.62. The van der Waals surface area contributed by atoms with E-state index in [1.807, 2.05) is 48.8 Å². The number of rotatable bonds is 6. The summed E-state index contributed by atoms with van der Waals surface area (Å²) in [4.78, 5) is 30.8. The molecular weight excluding hydrogens is 318 g/mol. The molecule has 134 valence electrons. The molecule has 1 atom stereocenters. The van der Waals surface area contributed by atoms with Gasteiger partial charge in [0.1, 0.15) is 5.65 Å². The fraction of sp³-hybridized carbons (Fsp3) is 0.500. The lowest BCUT2D eigenvalue weighted by Crippen LogP contribution is -2.58. The Morgan fingerprint density at radius 3 is 3.08 bits per heavy atom. The number of nitrogens with one attached hydrogen (secondary N) is 2. The van der Waals surface area contributed by atoms with E-state index in [0.29, 0.717) is 19.5 Å². The standard InChI is InChI=1S/C18H25N5O2/c1-13(2)22-10-8-20-18(25)15(22)11-17(24)19-7-6-14-12-21-16-5-3-4-9-23(14)16/h3-5,9,12-13,15H,6-8,10-11H2,1-2H3,(H,19,24)(H,20,25)/t15-/m0/s1. The molecule has 2 amide bonds. The third-order valence-electron chi connectivity index (χ3n) is 4.61. The highest BCUT2D eigenvalue weighted by Gasteiger charge is 2.32. The maximum atomic E-state index is 12.3. The Labute approximate surface area is 147 Å². The Kier molecular flexibility index (Phi) is 5.33. The molecule has 25 heavy (non-hydrogen) atoms. The van der Waals surface area contributed by atoms with E-state index >= 15 is 0 Å². The number of carbonyl (C=O) groups excluding carboxylic acids is 2. The van der Waals surface area contributed by atoms with Crippen LogP contribution in [0, 0.1) is 0 Å². The van der Waals surface area contributed by atoms with Crippen molar-refractivity contribution < 1.29 is 9.59 Å². The molecule has 7 nitrogen and oxygen atoms in total. The number of imidazole rings is 1. The number of carbonyl (C=O) groups is 2. The van der Waals surface area contributed by atoms with Crippen LogP contribution in [0.3, 0.4) is 0 Å². The molecule has 0 radical (unpaired) electrons. The molecule has 0 saturated carbocycles. The number of aromatic nitrogens is 2. The largest absolute Gasteiger partial charge is 0.356 e. The SMILES string of the molecule is CC(C)N1CCNC(=O)[C@@H]1CC(=O)NCCc1cnc2ccccn12. The van der Waals surface area contributed by atoms with Crippen molar-refractivity contribution in [1.29, 1.82) is 0 Å². The minimum absolute atomic E-state index is 0.0584. The number of amides is 2. The molecule has 7 heteroatoms. The van der Waals surface area contributed by atoms with Crippen molar-refractivity contribution in [3.05, 3.63) is 36.3 Å². The first-order valence-electron chi connectivity index (χ1n) is 8.77. The zero-order valence-electron chi connectivity index (χ0n) is 14.7. The van der Waals surface area contributed by atoms with Gasteiger partial charge in [-0.25, -0.2) is 4.98 Å². The van der Waals surface area contributed by atoms with E-state index in [2.05, 4.69) is 20.5 Å². The summed E-state index contributed by atoms with van der Waals surface area (Å²) >= 11 is 0. The maximum absolute atomic E-state index is 12.3. The number of nitrogens with zero attached hydrogens (tertiary/aromatic N) is 3. The molecule has 0 aliphatic carbocycles. The van der Waals surface area contributed by atoms with Crippen molar-refractivity contribution in [2.45, 2.75) is 38.8 Å². The van der Waals surface area contributed by atoms with Crippen molar-refractivity contribution in [2.75, 3.05) is 19.6 Å². The van der Waals surface area contributed by atoms with Crippen molar-refractivity contribution >= 4 is 17.5 Å². The second-order valence-corrected chi connectivity index (χ2v) is 6.62. The Morgan fingerprint density at radius 2 is 2.28 bits per heavy atom. The quantitative estimate of drug-likeness (QED) is 0.805. The summed E-state index contributed by atoms with van der Waals surface area (Å²) in [6, 6.07) is 5.71. The minimum atomic E-state index is -0.385. The average molecular weight is 343 g/mol. The van der Waals surface area contributed by atoms with Crippen LogP contribution >= 0.6 is 0 Å². The van der Waals surface area contributed by atoms with Gasteiger partial charge in [0.2, 0.25) is 11.8 Å². The van der Waals surface area contributed by atoms with E-state index in [4.69, 9.17) is 0 Å². The van der Waals surface area contributed by atoms with Crippen LogP contribution in [-0.4, -0.2) is 57.8 Å². The lowest BCUT2D eigenvalue weighted by Gasteiger charge is -2.37. The molecule has 0 unspecified atom stereocenters. The highest BCUT2D eigenvalue weighted by Crippen LogP contribution is 2.12. The highest BCUT2D eigenvalue weighted by molar-refractivity contribution is 5.88. The number of fused-ring (bicyclic) bond motifs is 1. The summed E-state index contributed by atoms with van der Waals surface area (Å²) in [6.07, 6.45) is 4.68. The number of piperazine rings is 1. The Hall–Kier alpha value is -2.41. The Morgan fingerprint density at radius 1 is 1.44 bits per heavy atom. The number of hydrogen-bond acceptors (Lipinski definition) is 4. The van der Waals surface area contributed by atoms with E-state index in [-0.39, 0.29) is 30.3 Å². The Balaban J connectivity index is 1.53. The van der Waals surface area contributed by atoms with Gasteiger partial charge in [0.05, 0.1) is 12.5 Å². The predicted molar refractivity (Wildman–Crippen MR) is 95.2 cm³/mol. The molecule has 2 aromatic rings.